The molecule has 0 fully saturated rings. The molecule has 0 radical (unpaired) electrons. The summed E-state index contributed by atoms with van der Waals surface area (Å²) in [7, 11) is 0.981. The van der Waals surface area contributed by atoms with Crippen molar-refractivity contribution < 1.29 is 33.0 Å². The number of hydrogen-bond donors (Lipinski definition) is 3. The number of fused-ring (bicyclic) bond motifs is 1. The largest absolute Gasteiger partial charge is 0.506 e. The highest BCUT2D eigenvalue weighted by Gasteiger charge is 2.37. The third-order valence-electron chi connectivity index (χ3n) is 3.17. The first-order valence-electron chi connectivity index (χ1n) is 6.33. The fourth-order valence-electron chi connectivity index (χ4n) is 2.15. The first-order chi connectivity index (χ1) is 11.1. The van der Waals surface area contributed by atoms with E-state index in [0.29, 0.717) is 4.57 Å². The first-order valence-corrected chi connectivity index (χ1v) is 6.33. The molecule has 2 aromatic heterocycles. The van der Waals surface area contributed by atoms with Crippen LogP contribution in [0.5, 0.6) is 5.75 Å². The summed E-state index contributed by atoms with van der Waals surface area (Å²) in [5, 5.41) is 20.0. The average molecular weight is 345 g/mol. The van der Waals surface area contributed by atoms with E-state index in [1.807, 2.05) is 5.32 Å². The zero-order valence-corrected chi connectivity index (χ0v) is 12.0. The van der Waals surface area contributed by atoms with Crippen LogP contribution in [-0.2, 0) is 18.0 Å². The summed E-state index contributed by atoms with van der Waals surface area (Å²) in [6, 6.07) is 1.01. The molecule has 0 bridgehead atoms. The topological polar surface area (TPSA) is 122 Å². The van der Waals surface area contributed by atoms with Gasteiger partial charge in [0.05, 0.1) is 5.52 Å². The molecule has 0 aliphatic heterocycles. The normalized spacial score (nSPS) is 11.5. The Bertz CT molecular complexity index is 904. The molecule has 0 aliphatic rings. The summed E-state index contributed by atoms with van der Waals surface area (Å²) < 4.78 is 39.6. The van der Waals surface area contributed by atoms with E-state index in [1.54, 1.807) is 0 Å². The molecule has 11 heteroatoms. The number of alkyl halides is 3. The molecule has 3 N–H and O–H groups in total. The van der Waals surface area contributed by atoms with Crippen LogP contribution in [0.4, 0.5) is 13.2 Å². The van der Waals surface area contributed by atoms with Crippen molar-refractivity contribution in [1.29, 1.82) is 0 Å². The number of pyridine rings is 2. The number of aromatic hydroxyl groups is 1. The van der Waals surface area contributed by atoms with Gasteiger partial charge in [-0.1, -0.05) is 0 Å². The quantitative estimate of drug-likeness (QED) is 0.744. The van der Waals surface area contributed by atoms with Gasteiger partial charge in [-0.05, 0) is 6.07 Å². The molecule has 24 heavy (non-hydrogen) atoms. The maximum absolute atomic E-state index is 13.0. The lowest BCUT2D eigenvalue weighted by atomic mass is 10.1. The Balaban J connectivity index is 2.77. The third-order valence-corrected chi connectivity index (χ3v) is 3.17. The van der Waals surface area contributed by atoms with Gasteiger partial charge in [0.25, 0.3) is 11.5 Å². The van der Waals surface area contributed by atoms with Crippen molar-refractivity contribution in [3.63, 3.8) is 0 Å². The number of aromatic nitrogens is 2. The van der Waals surface area contributed by atoms with E-state index in [1.165, 1.54) is 0 Å². The highest BCUT2D eigenvalue weighted by Crippen LogP contribution is 2.35. The predicted molar refractivity (Wildman–Crippen MR) is 73.6 cm³/mol. The Morgan fingerprint density at radius 3 is 2.54 bits per heavy atom. The minimum absolute atomic E-state index is 0.417. The molecule has 0 atom stereocenters. The second-order valence-corrected chi connectivity index (χ2v) is 4.72. The molecular weight excluding hydrogens is 335 g/mol. The van der Waals surface area contributed by atoms with E-state index >= 15 is 0 Å². The summed E-state index contributed by atoms with van der Waals surface area (Å²) in [5.74, 6) is -3.60. The van der Waals surface area contributed by atoms with Crippen molar-refractivity contribution in [2.75, 3.05) is 6.54 Å². The van der Waals surface area contributed by atoms with Crippen molar-refractivity contribution in [1.82, 2.24) is 14.9 Å². The Morgan fingerprint density at radius 1 is 1.38 bits per heavy atom. The summed E-state index contributed by atoms with van der Waals surface area (Å²) in [6.07, 6.45) is -4.11. The minimum Gasteiger partial charge on any atom is -0.506 e. The lowest BCUT2D eigenvalue weighted by molar-refractivity contribution is -0.140. The molecule has 128 valence electrons. The van der Waals surface area contributed by atoms with Crippen molar-refractivity contribution >= 4 is 22.8 Å². The fourth-order valence-corrected chi connectivity index (χ4v) is 2.15. The molecule has 0 aromatic carbocycles. The van der Waals surface area contributed by atoms with Crippen LogP contribution >= 0.6 is 0 Å². The molecule has 2 aromatic rings. The van der Waals surface area contributed by atoms with Gasteiger partial charge >= 0.3 is 12.1 Å². The van der Waals surface area contributed by atoms with Gasteiger partial charge in [0.2, 0.25) is 0 Å². The second kappa shape index (κ2) is 5.83. The van der Waals surface area contributed by atoms with E-state index in [-0.39, 0.29) is 0 Å². The second-order valence-electron chi connectivity index (χ2n) is 4.72. The van der Waals surface area contributed by atoms with E-state index in [4.69, 9.17) is 5.11 Å². The molecule has 2 rings (SSSR count). The van der Waals surface area contributed by atoms with Crippen LogP contribution in [0.2, 0.25) is 0 Å². The standard InChI is InChI=1S/C13H10F3N3O5/c1-19-8-5(2-3-17-10(8)13(14,15)16)9(22)7(12(19)24)11(23)18-4-6(20)21/h2-3,22H,4H2,1H3,(H,18,23)(H,20,21). The molecule has 0 saturated heterocycles. The molecule has 0 spiro atoms. The summed E-state index contributed by atoms with van der Waals surface area (Å²) in [6.45, 7) is -0.830. The molecule has 0 aliphatic carbocycles. The maximum Gasteiger partial charge on any atom is 0.435 e. The Morgan fingerprint density at radius 2 is 2.00 bits per heavy atom. The maximum atomic E-state index is 13.0. The number of nitrogens with one attached hydrogen (secondary N) is 1. The Hall–Kier alpha value is -3.11. The zero-order valence-electron chi connectivity index (χ0n) is 12.0. The molecule has 0 saturated carbocycles. The highest BCUT2D eigenvalue weighted by atomic mass is 19.4. The molecular formula is C13H10F3N3O5. The van der Waals surface area contributed by atoms with Gasteiger partial charge in [-0.3, -0.25) is 14.4 Å². The van der Waals surface area contributed by atoms with Crippen molar-refractivity contribution in [3.05, 3.63) is 33.9 Å². The number of carbonyl (C=O) groups excluding carboxylic acids is 1. The van der Waals surface area contributed by atoms with E-state index in [9.17, 15) is 32.7 Å². The summed E-state index contributed by atoms with van der Waals surface area (Å²) >= 11 is 0. The van der Waals surface area contributed by atoms with Crippen LogP contribution in [0.15, 0.2) is 17.1 Å². The molecule has 2 heterocycles. The van der Waals surface area contributed by atoms with Crippen molar-refractivity contribution in [2.45, 2.75) is 6.18 Å². The van der Waals surface area contributed by atoms with Gasteiger partial charge in [0.15, 0.2) is 5.69 Å². The number of carboxylic acid groups (broad SMARTS) is 1. The SMILES string of the molecule is Cn1c(=O)c(C(=O)NCC(=O)O)c(O)c2ccnc(C(F)(F)F)c21. The molecule has 8 nitrogen and oxygen atoms in total. The van der Waals surface area contributed by atoms with Gasteiger partial charge in [0, 0.05) is 18.6 Å². The zero-order chi connectivity index (χ0) is 18.2. The average Bonchev–Trinajstić information content (AvgIpc) is 2.49. The van der Waals surface area contributed by atoms with Gasteiger partial charge < -0.3 is 20.1 Å². The number of halogens is 3. The molecule has 0 unspecified atom stereocenters. The number of nitrogens with zero attached hydrogens (tertiary/aromatic N) is 2. The van der Waals surface area contributed by atoms with E-state index < -0.39 is 58.1 Å². The lowest BCUT2D eigenvalue weighted by Crippen LogP contribution is -2.35. The number of carboxylic acids is 1. The lowest BCUT2D eigenvalue weighted by Gasteiger charge is -2.15. The smallest absolute Gasteiger partial charge is 0.435 e. The van der Waals surface area contributed by atoms with Crippen LogP contribution in [0, 0.1) is 0 Å². The predicted octanol–water partition coefficient (Wildman–Crippen LogP) is 0.472. The minimum atomic E-state index is -4.89. The van der Waals surface area contributed by atoms with Crippen LogP contribution in [0.25, 0.3) is 10.9 Å². The van der Waals surface area contributed by atoms with Crippen LogP contribution in [0.1, 0.15) is 16.1 Å². The van der Waals surface area contributed by atoms with Gasteiger partial charge in [0.1, 0.15) is 17.9 Å². The van der Waals surface area contributed by atoms with Crippen molar-refractivity contribution in [3.8, 4) is 5.75 Å². The van der Waals surface area contributed by atoms with Gasteiger partial charge in [-0.25, -0.2) is 4.98 Å². The van der Waals surface area contributed by atoms with Crippen LogP contribution in [-0.4, -0.2) is 38.2 Å². The summed E-state index contributed by atoms with van der Waals surface area (Å²) in [5.41, 5.74) is -4.17. The monoisotopic (exact) mass is 345 g/mol. The van der Waals surface area contributed by atoms with Gasteiger partial charge in [-0.2, -0.15) is 13.2 Å². The van der Waals surface area contributed by atoms with Crippen LogP contribution < -0.4 is 10.9 Å². The van der Waals surface area contributed by atoms with E-state index in [2.05, 4.69) is 4.98 Å². The third kappa shape index (κ3) is 2.87. The highest BCUT2D eigenvalue weighted by molar-refractivity contribution is 6.03. The van der Waals surface area contributed by atoms with Crippen molar-refractivity contribution in [2.24, 2.45) is 7.05 Å². The Labute approximate surface area is 131 Å². The number of rotatable bonds is 3. The fraction of sp³-hybridized carbons (Fsp3) is 0.231. The number of carbonyl (C=O) groups is 2. The Kier molecular flexibility index (Phi) is 4.19. The van der Waals surface area contributed by atoms with Gasteiger partial charge in [-0.15, -0.1) is 0 Å². The number of hydrogen-bond acceptors (Lipinski definition) is 5. The summed E-state index contributed by atoms with van der Waals surface area (Å²) in [4.78, 5) is 37.7. The number of amides is 1. The number of aliphatic carboxylic acids is 1. The first kappa shape index (κ1) is 17.2. The molecule has 1 amide bonds. The number of aryl methyl sites for hydroxylation is 1. The van der Waals surface area contributed by atoms with Crippen LogP contribution in [0.3, 0.4) is 0 Å². The van der Waals surface area contributed by atoms with E-state index in [0.717, 1.165) is 19.3 Å².